The molecule has 94 valence electrons. The topological polar surface area (TPSA) is 55.6 Å². The number of hydrogen-bond donors (Lipinski definition) is 1. The van der Waals surface area contributed by atoms with E-state index in [1.807, 2.05) is 30.3 Å². The monoisotopic (exact) mass is 244 g/mol. The first-order chi connectivity index (χ1) is 8.79. The van der Waals surface area contributed by atoms with Crippen molar-refractivity contribution < 1.29 is 9.53 Å². The third-order valence-corrected chi connectivity index (χ3v) is 2.78. The zero-order chi connectivity index (χ0) is 12.8. The summed E-state index contributed by atoms with van der Waals surface area (Å²) in [6.45, 7) is 2.06. The lowest BCUT2D eigenvalue weighted by molar-refractivity contribution is -0.132. The molecule has 4 nitrogen and oxygen atoms in total. The smallest absolute Gasteiger partial charge is 0.298 e. The number of ether oxygens (including phenoxy) is 1. The van der Waals surface area contributed by atoms with Gasteiger partial charge >= 0.3 is 0 Å². The van der Waals surface area contributed by atoms with Crippen LogP contribution in [-0.2, 0) is 9.53 Å². The van der Waals surface area contributed by atoms with Crippen LogP contribution in [0.3, 0.4) is 0 Å². The van der Waals surface area contributed by atoms with Crippen LogP contribution in [0, 0.1) is 11.8 Å². The van der Waals surface area contributed by atoms with Crippen LogP contribution in [-0.4, -0.2) is 43.2 Å². The Hall–Kier alpha value is -1.83. The second-order valence-corrected chi connectivity index (χ2v) is 4.10. The first kappa shape index (κ1) is 12.6. The SMILES string of the molecule is NCC1CN(C(=O)C#Cc2ccccc2)CCO1. The maximum Gasteiger partial charge on any atom is 0.298 e. The van der Waals surface area contributed by atoms with E-state index in [1.165, 1.54) is 0 Å². The lowest BCUT2D eigenvalue weighted by Crippen LogP contribution is -2.47. The molecule has 1 aliphatic rings. The van der Waals surface area contributed by atoms with Gasteiger partial charge in [0.1, 0.15) is 0 Å². The van der Waals surface area contributed by atoms with E-state index >= 15 is 0 Å². The molecule has 1 fully saturated rings. The lowest BCUT2D eigenvalue weighted by atomic mass is 10.2. The van der Waals surface area contributed by atoms with Gasteiger partial charge in [0.15, 0.2) is 0 Å². The average Bonchev–Trinajstić information content (AvgIpc) is 2.46. The Balaban J connectivity index is 1.98. The standard InChI is InChI=1S/C14H16N2O2/c15-10-13-11-16(8-9-18-13)14(17)7-6-12-4-2-1-3-5-12/h1-5,13H,8-11,15H2. The Kier molecular flexibility index (Phi) is 4.35. The molecule has 0 aromatic heterocycles. The molecule has 0 aliphatic carbocycles. The Morgan fingerprint density at radius 1 is 1.44 bits per heavy atom. The molecule has 1 aromatic rings. The molecule has 0 radical (unpaired) electrons. The van der Waals surface area contributed by atoms with Gasteiger partial charge in [0, 0.05) is 31.1 Å². The van der Waals surface area contributed by atoms with Crippen LogP contribution in [0.25, 0.3) is 0 Å². The van der Waals surface area contributed by atoms with Crippen LogP contribution in [0.1, 0.15) is 5.56 Å². The van der Waals surface area contributed by atoms with Gasteiger partial charge in [-0.15, -0.1) is 0 Å². The van der Waals surface area contributed by atoms with Crippen molar-refractivity contribution in [2.75, 3.05) is 26.2 Å². The summed E-state index contributed by atoms with van der Waals surface area (Å²) in [4.78, 5) is 13.6. The Labute approximate surface area is 107 Å². The zero-order valence-electron chi connectivity index (χ0n) is 10.1. The molecule has 2 N–H and O–H groups in total. The van der Waals surface area contributed by atoms with Crippen molar-refractivity contribution in [2.24, 2.45) is 5.73 Å². The number of nitrogens with two attached hydrogens (primary N) is 1. The first-order valence-electron chi connectivity index (χ1n) is 5.97. The molecule has 1 heterocycles. The molecule has 0 bridgehead atoms. The second-order valence-electron chi connectivity index (χ2n) is 4.10. The highest BCUT2D eigenvalue weighted by Crippen LogP contribution is 2.04. The van der Waals surface area contributed by atoms with E-state index in [4.69, 9.17) is 10.5 Å². The molecule has 18 heavy (non-hydrogen) atoms. The fourth-order valence-electron chi connectivity index (χ4n) is 1.77. The predicted octanol–water partition coefficient (Wildman–Crippen LogP) is 0.224. The largest absolute Gasteiger partial charge is 0.373 e. The Bertz CT molecular complexity index is 462. The average molecular weight is 244 g/mol. The summed E-state index contributed by atoms with van der Waals surface area (Å²) in [5.41, 5.74) is 6.37. The van der Waals surface area contributed by atoms with Crippen molar-refractivity contribution in [1.82, 2.24) is 4.90 Å². The minimum atomic E-state index is -0.166. The number of benzene rings is 1. The number of carbonyl (C=O) groups excluding carboxylic acids is 1. The van der Waals surface area contributed by atoms with Crippen molar-refractivity contribution in [3.8, 4) is 11.8 Å². The molecule has 1 unspecified atom stereocenters. The van der Waals surface area contributed by atoms with Crippen LogP contribution < -0.4 is 5.73 Å². The van der Waals surface area contributed by atoms with Gasteiger partial charge in [0.25, 0.3) is 5.91 Å². The van der Waals surface area contributed by atoms with Crippen molar-refractivity contribution >= 4 is 5.91 Å². The third kappa shape index (κ3) is 3.33. The van der Waals surface area contributed by atoms with E-state index in [2.05, 4.69) is 11.8 Å². The molecule has 1 aromatic carbocycles. The normalized spacial score (nSPS) is 18.9. The number of rotatable bonds is 1. The van der Waals surface area contributed by atoms with Crippen LogP contribution in [0.15, 0.2) is 30.3 Å². The Morgan fingerprint density at radius 2 is 2.22 bits per heavy atom. The van der Waals surface area contributed by atoms with Crippen LogP contribution in [0.2, 0.25) is 0 Å². The minimum absolute atomic E-state index is 0.0683. The van der Waals surface area contributed by atoms with Gasteiger partial charge in [-0.2, -0.15) is 0 Å². The molecule has 1 atom stereocenters. The number of nitrogens with zero attached hydrogens (tertiary/aromatic N) is 1. The quantitative estimate of drug-likeness (QED) is 0.719. The van der Waals surface area contributed by atoms with Crippen molar-refractivity contribution in [3.63, 3.8) is 0 Å². The number of carbonyl (C=O) groups is 1. The molecular formula is C14H16N2O2. The highest BCUT2D eigenvalue weighted by atomic mass is 16.5. The molecule has 1 amide bonds. The van der Waals surface area contributed by atoms with Gasteiger partial charge in [-0.3, -0.25) is 4.79 Å². The van der Waals surface area contributed by atoms with Crippen LogP contribution in [0.5, 0.6) is 0 Å². The van der Waals surface area contributed by atoms with Gasteiger partial charge in [-0.1, -0.05) is 24.1 Å². The lowest BCUT2D eigenvalue weighted by Gasteiger charge is -2.30. The maximum atomic E-state index is 11.9. The molecule has 4 heteroatoms. The fraction of sp³-hybridized carbons (Fsp3) is 0.357. The van der Waals surface area contributed by atoms with E-state index in [1.54, 1.807) is 4.90 Å². The summed E-state index contributed by atoms with van der Waals surface area (Å²) < 4.78 is 5.40. The van der Waals surface area contributed by atoms with Crippen LogP contribution >= 0.6 is 0 Å². The summed E-state index contributed by atoms with van der Waals surface area (Å²) in [6.07, 6.45) is -0.0683. The van der Waals surface area contributed by atoms with E-state index in [0.29, 0.717) is 26.2 Å². The van der Waals surface area contributed by atoms with E-state index in [0.717, 1.165) is 5.56 Å². The van der Waals surface area contributed by atoms with E-state index in [-0.39, 0.29) is 12.0 Å². The van der Waals surface area contributed by atoms with Gasteiger partial charge < -0.3 is 15.4 Å². The third-order valence-electron chi connectivity index (χ3n) is 2.78. The van der Waals surface area contributed by atoms with E-state index < -0.39 is 0 Å². The highest BCUT2D eigenvalue weighted by molar-refractivity contribution is 5.94. The van der Waals surface area contributed by atoms with E-state index in [9.17, 15) is 4.79 Å². The maximum absolute atomic E-state index is 11.9. The summed E-state index contributed by atoms with van der Waals surface area (Å²) in [5, 5.41) is 0. The summed E-state index contributed by atoms with van der Waals surface area (Å²) in [7, 11) is 0. The molecule has 0 spiro atoms. The fourth-order valence-corrected chi connectivity index (χ4v) is 1.77. The first-order valence-corrected chi connectivity index (χ1v) is 5.97. The molecule has 0 saturated carbocycles. The van der Waals surface area contributed by atoms with Crippen molar-refractivity contribution in [1.29, 1.82) is 0 Å². The summed E-state index contributed by atoms with van der Waals surface area (Å²) in [6, 6.07) is 9.47. The van der Waals surface area contributed by atoms with Crippen molar-refractivity contribution in [2.45, 2.75) is 6.10 Å². The molecule has 2 rings (SSSR count). The minimum Gasteiger partial charge on any atom is -0.373 e. The highest BCUT2D eigenvalue weighted by Gasteiger charge is 2.21. The predicted molar refractivity (Wildman–Crippen MR) is 68.7 cm³/mol. The second kappa shape index (κ2) is 6.20. The van der Waals surface area contributed by atoms with Gasteiger partial charge in [0.2, 0.25) is 0 Å². The van der Waals surface area contributed by atoms with Gasteiger partial charge in [-0.25, -0.2) is 0 Å². The molecular weight excluding hydrogens is 228 g/mol. The summed E-state index contributed by atoms with van der Waals surface area (Å²) >= 11 is 0. The molecule has 1 aliphatic heterocycles. The van der Waals surface area contributed by atoms with Crippen LogP contribution in [0.4, 0.5) is 0 Å². The Morgan fingerprint density at radius 3 is 2.94 bits per heavy atom. The number of morpholine rings is 1. The number of hydrogen-bond acceptors (Lipinski definition) is 3. The molecule has 1 saturated heterocycles. The van der Waals surface area contributed by atoms with Crippen molar-refractivity contribution in [3.05, 3.63) is 35.9 Å². The summed E-state index contributed by atoms with van der Waals surface area (Å²) in [5.74, 6) is 5.35. The van der Waals surface area contributed by atoms with Gasteiger partial charge in [0.05, 0.1) is 12.7 Å². The van der Waals surface area contributed by atoms with Gasteiger partial charge in [-0.05, 0) is 12.1 Å². The zero-order valence-corrected chi connectivity index (χ0v) is 10.1. The number of amides is 1.